The molecule has 8 aromatic heterocycles. The molecule has 13 nitrogen and oxygen atoms in total. The van der Waals surface area contributed by atoms with E-state index in [9.17, 15) is 0 Å². The van der Waals surface area contributed by atoms with Gasteiger partial charge in [0, 0.05) is 45.1 Å². The third-order valence-electron chi connectivity index (χ3n) is 17.2. The Morgan fingerprint density at radius 3 is 1.29 bits per heavy atom. The number of benzene rings is 11. The Hall–Kier alpha value is -13.6. The highest BCUT2D eigenvalue weighted by Gasteiger charge is 2.21. The number of furan rings is 2. The Kier molecular flexibility index (Phi) is 26.5. The zero-order valence-corrected chi connectivity index (χ0v) is 60.7. The SMILES string of the molecule is C1=NC=NC2N=CNC12.C1=c2ccccc2=CC1.C1=c2ccccc2=CC1.C1=c2ccccc2=CC1.c1ccc2[nH]ccc2c1.c1ccc2[nH]ccc2c1.c1ccc2[nH]cnc2c1.c1ccc2occc2c1.c1ccc2occc2c1.c1ccc2ocnc2c1.c1ccc2sccc2c1.c1ccc2scnc2c1. The average Bonchev–Trinajstić information content (AvgIpc) is 2.74. The van der Waals surface area contributed by atoms with Gasteiger partial charge in [0.15, 0.2) is 18.1 Å². The average molecular weight is 1450 g/mol. The number of fused-ring (bicyclic) bond motifs is 12. The Labute approximate surface area is 632 Å². The van der Waals surface area contributed by atoms with Crippen molar-refractivity contribution < 1.29 is 13.3 Å². The summed E-state index contributed by atoms with van der Waals surface area (Å²) in [5.41, 5.74) is 11.2. The molecule has 0 fully saturated rings. The number of aromatic amines is 3. The summed E-state index contributed by atoms with van der Waals surface area (Å²) in [7, 11) is 0. The van der Waals surface area contributed by atoms with E-state index in [1.54, 1.807) is 47.9 Å². The van der Waals surface area contributed by atoms with Crippen LogP contribution in [0.25, 0.3) is 123 Å². The maximum Gasteiger partial charge on any atom is 0.181 e. The minimum Gasteiger partial charge on any atom is -0.464 e. The normalized spacial score (nSPS) is 13.3. The molecule has 0 spiro atoms. The molecular formula is C93H78N10O3S2. The number of aliphatic imine (C=N–C) groups is 3. The molecule has 3 aliphatic carbocycles. The van der Waals surface area contributed by atoms with E-state index in [-0.39, 0.29) is 12.2 Å². The Morgan fingerprint density at radius 2 is 0.787 bits per heavy atom. The molecule has 19 aromatic rings. The lowest BCUT2D eigenvalue weighted by Crippen LogP contribution is -2.33. The van der Waals surface area contributed by atoms with Gasteiger partial charge in [-0.05, 0) is 169 Å². The summed E-state index contributed by atoms with van der Waals surface area (Å²) >= 11 is 3.46. The first-order valence-electron chi connectivity index (χ1n) is 35.4. The zero-order chi connectivity index (χ0) is 73.3. The number of hydrogen-bond acceptors (Lipinski definition) is 12. The van der Waals surface area contributed by atoms with Crippen molar-refractivity contribution in [3.05, 3.63) is 377 Å². The van der Waals surface area contributed by atoms with E-state index in [4.69, 9.17) is 13.3 Å². The minimum absolute atomic E-state index is 0.0440. The number of thiazole rings is 1. The number of H-pyrrole nitrogens is 3. The van der Waals surface area contributed by atoms with Gasteiger partial charge in [0.05, 0.1) is 52.0 Å². The van der Waals surface area contributed by atoms with Crippen LogP contribution in [0.5, 0.6) is 0 Å². The summed E-state index contributed by atoms with van der Waals surface area (Å²) in [5, 5.41) is 19.7. The molecule has 0 amide bonds. The molecule has 0 bridgehead atoms. The van der Waals surface area contributed by atoms with Crippen molar-refractivity contribution in [3.8, 4) is 0 Å². The first-order valence-corrected chi connectivity index (χ1v) is 37.2. The lowest BCUT2D eigenvalue weighted by molar-refractivity contribution is 0.602. The quantitative estimate of drug-likeness (QED) is 0.117. The zero-order valence-electron chi connectivity index (χ0n) is 59.1. The van der Waals surface area contributed by atoms with Crippen molar-refractivity contribution in [2.45, 2.75) is 31.5 Å². The van der Waals surface area contributed by atoms with Crippen molar-refractivity contribution in [1.29, 1.82) is 0 Å². The molecule has 2 aliphatic heterocycles. The predicted octanol–water partition coefficient (Wildman–Crippen LogP) is 19.2. The monoisotopic (exact) mass is 1450 g/mol. The van der Waals surface area contributed by atoms with Crippen LogP contribution in [-0.2, 0) is 0 Å². The van der Waals surface area contributed by atoms with E-state index >= 15 is 0 Å². The predicted molar refractivity (Wildman–Crippen MR) is 454 cm³/mol. The molecule has 11 aromatic carbocycles. The maximum atomic E-state index is 5.12. The first-order chi connectivity index (χ1) is 53.6. The largest absolute Gasteiger partial charge is 0.464 e. The van der Waals surface area contributed by atoms with E-state index in [0.29, 0.717) is 0 Å². The number of thiophene rings is 1. The fraction of sp³-hybridized carbons (Fsp3) is 0.0538. The number of oxazole rings is 1. The van der Waals surface area contributed by atoms with Gasteiger partial charge < -0.3 is 33.5 Å². The van der Waals surface area contributed by atoms with E-state index in [2.05, 4.69) is 238 Å². The molecule has 0 saturated heterocycles. The van der Waals surface area contributed by atoms with E-state index < -0.39 is 0 Å². The summed E-state index contributed by atoms with van der Waals surface area (Å²) in [6, 6.07) is 100. The molecular weight excluding hydrogens is 1370 g/mol. The van der Waals surface area contributed by atoms with Crippen LogP contribution in [0.3, 0.4) is 0 Å². The highest BCUT2D eigenvalue weighted by molar-refractivity contribution is 7.17. The summed E-state index contributed by atoms with van der Waals surface area (Å²) in [6.45, 7) is 0. The number of nitrogens with zero attached hydrogens (tertiary/aromatic N) is 6. The van der Waals surface area contributed by atoms with Crippen molar-refractivity contribution in [2.24, 2.45) is 15.0 Å². The number of para-hydroxylation sites is 9. The van der Waals surface area contributed by atoms with E-state index in [1.807, 2.05) is 176 Å². The Bertz CT molecular complexity index is 5150. The molecule has 10 heterocycles. The molecule has 0 radical (unpaired) electrons. The van der Waals surface area contributed by atoms with Crippen LogP contribution in [-0.4, -0.2) is 61.0 Å². The third-order valence-corrected chi connectivity index (χ3v) is 18.9. The van der Waals surface area contributed by atoms with Gasteiger partial charge in [0.1, 0.15) is 29.1 Å². The van der Waals surface area contributed by atoms with Crippen molar-refractivity contribution in [3.63, 3.8) is 0 Å². The van der Waals surface area contributed by atoms with Crippen LogP contribution in [0.15, 0.2) is 374 Å². The Morgan fingerprint density at radius 1 is 0.333 bits per heavy atom. The van der Waals surface area contributed by atoms with Crippen molar-refractivity contribution >= 4 is 164 Å². The van der Waals surface area contributed by atoms with Gasteiger partial charge in [-0.2, -0.15) is 0 Å². The van der Waals surface area contributed by atoms with Crippen molar-refractivity contribution in [1.82, 2.24) is 35.2 Å². The molecule has 0 saturated carbocycles. The number of aromatic nitrogens is 6. The smallest absolute Gasteiger partial charge is 0.181 e. The highest BCUT2D eigenvalue weighted by atomic mass is 32.1. The summed E-state index contributed by atoms with van der Waals surface area (Å²) in [6.07, 6.45) is 32.3. The van der Waals surface area contributed by atoms with Gasteiger partial charge in [0.25, 0.3) is 0 Å². The summed E-state index contributed by atoms with van der Waals surface area (Å²) < 4.78 is 17.9. The molecule has 4 N–H and O–H groups in total. The molecule has 530 valence electrons. The molecule has 5 aliphatic rings. The van der Waals surface area contributed by atoms with Gasteiger partial charge in [-0.1, -0.05) is 237 Å². The molecule has 2 atom stereocenters. The first kappa shape index (κ1) is 72.7. The summed E-state index contributed by atoms with van der Waals surface area (Å²) in [5.74, 6) is 0. The highest BCUT2D eigenvalue weighted by Crippen LogP contribution is 2.20. The number of rotatable bonds is 0. The van der Waals surface area contributed by atoms with Crippen LogP contribution in [0.2, 0.25) is 0 Å². The number of nitrogens with one attached hydrogen (secondary N) is 4. The van der Waals surface area contributed by atoms with Gasteiger partial charge >= 0.3 is 0 Å². The number of imidazole rings is 1. The number of hydrogen-bond donors (Lipinski definition) is 4. The Balaban J connectivity index is 0.000000104. The maximum absolute atomic E-state index is 5.12. The fourth-order valence-corrected chi connectivity index (χ4v) is 13.1. The second-order valence-electron chi connectivity index (χ2n) is 24.3. The third kappa shape index (κ3) is 21.3. The second-order valence-corrected chi connectivity index (χ2v) is 26.2. The van der Waals surface area contributed by atoms with Crippen LogP contribution >= 0.6 is 22.7 Å². The minimum atomic E-state index is 0.0440. The molecule has 24 rings (SSSR count). The van der Waals surface area contributed by atoms with Gasteiger partial charge in [0.2, 0.25) is 0 Å². The summed E-state index contributed by atoms with van der Waals surface area (Å²) in [4.78, 5) is 33.3. The second kappa shape index (κ2) is 39.3. The lowest BCUT2D eigenvalue weighted by Gasteiger charge is -2.10. The molecule has 108 heavy (non-hydrogen) atoms. The standard InChI is InChI=1S/3C9H8.2C8H7N.2C8H6O.C8H6S.C7H6N2.C7H5NO.C7H5NS.C5H6N4/c3*1-2-5-9-7-3-6-8(9)4-1;5*1-2-4-8-7(3-1)5-6-9-8;3*1-2-4-7-6(3-1)8-5-9-7;1-4-5(8-2-6-1)9-3-7-4/h3*1-2,4-7H,3H2;2*1-6,9H;3*1-6H;1-5H,(H,8,9);2*1-5H;1-5H,(H,7,9). The van der Waals surface area contributed by atoms with Crippen LogP contribution in [0.4, 0.5) is 0 Å². The van der Waals surface area contributed by atoms with Gasteiger partial charge in [-0.25, -0.2) is 29.9 Å². The van der Waals surface area contributed by atoms with E-state index in [1.165, 1.54) is 80.6 Å². The fourth-order valence-electron chi connectivity index (χ4n) is 11.7. The molecule has 15 heteroatoms. The molecule has 2 unspecified atom stereocenters. The van der Waals surface area contributed by atoms with Crippen LogP contribution < -0.4 is 36.6 Å². The van der Waals surface area contributed by atoms with E-state index in [0.717, 1.165) is 68.9 Å². The van der Waals surface area contributed by atoms with Crippen LogP contribution in [0, 0.1) is 0 Å². The lowest BCUT2D eigenvalue weighted by atomic mass is 10.3. The van der Waals surface area contributed by atoms with Crippen LogP contribution in [0.1, 0.15) is 19.3 Å². The topological polar surface area (TPSA) is 175 Å². The van der Waals surface area contributed by atoms with Gasteiger partial charge in [-0.3, -0.25) is 0 Å². The van der Waals surface area contributed by atoms with Gasteiger partial charge in [-0.15, -0.1) is 22.7 Å². The van der Waals surface area contributed by atoms with Crippen molar-refractivity contribution in [2.75, 3.05) is 0 Å².